The fraction of sp³-hybridized carbons (Fsp3) is 0.800. The molecule has 0 spiro atoms. The van der Waals surface area contributed by atoms with Crippen LogP contribution in [0.5, 0.6) is 0 Å². The van der Waals surface area contributed by atoms with Crippen LogP contribution < -0.4 is 0 Å². The van der Waals surface area contributed by atoms with E-state index >= 15 is 0 Å². The molecule has 112 valence electrons. The Morgan fingerprint density at radius 2 is 2.15 bits per heavy atom. The first kappa shape index (κ1) is 14.0. The van der Waals surface area contributed by atoms with Crippen molar-refractivity contribution in [2.24, 2.45) is 7.05 Å². The summed E-state index contributed by atoms with van der Waals surface area (Å²) in [5.74, 6) is 0.707. The molecule has 2 N–H and O–H groups in total. The van der Waals surface area contributed by atoms with Gasteiger partial charge in [0, 0.05) is 37.3 Å². The number of aryl methyl sites for hydroxylation is 1. The van der Waals surface area contributed by atoms with E-state index in [4.69, 9.17) is 0 Å². The minimum Gasteiger partial charge on any atom is -0.393 e. The second kappa shape index (κ2) is 5.47. The summed E-state index contributed by atoms with van der Waals surface area (Å²) in [5.41, 5.74) is 1.86. The van der Waals surface area contributed by atoms with Gasteiger partial charge in [0.1, 0.15) is 0 Å². The van der Waals surface area contributed by atoms with E-state index in [1.165, 1.54) is 24.1 Å². The van der Waals surface area contributed by atoms with Gasteiger partial charge in [-0.25, -0.2) is 0 Å². The van der Waals surface area contributed by atoms with E-state index in [0.717, 1.165) is 26.1 Å². The van der Waals surface area contributed by atoms with Crippen molar-refractivity contribution in [2.75, 3.05) is 19.7 Å². The Balaban J connectivity index is 1.66. The summed E-state index contributed by atoms with van der Waals surface area (Å²) in [5, 5.41) is 23.9. The molecule has 1 unspecified atom stereocenters. The molecule has 2 heterocycles. The summed E-state index contributed by atoms with van der Waals surface area (Å²) in [6.45, 7) is 2.62. The fourth-order valence-corrected chi connectivity index (χ4v) is 3.29. The smallest absolute Gasteiger partial charge is 0.0890 e. The predicted octanol–water partition coefficient (Wildman–Crippen LogP) is 1.01. The van der Waals surface area contributed by atoms with Gasteiger partial charge in [-0.15, -0.1) is 0 Å². The van der Waals surface area contributed by atoms with Crippen molar-refractivity contribution in [3.8, 4) is 0 Å². The second-order valence-electron chi connectivity index (χ2n) is 6.47. The Labute approximate surface area is 120 Å². The average molecular weight is 279 g/mol. The SMILES string of the molecule is Cn1ncc(CN2CCCC(O)(CO)CC2)c1C1CC1. The average Bonchev–Trinajstić information content (AvgIpc) is 3.22. The summed E-state index contributed by atoms with van der Waals surface area (Å²) in [6.07, 6.45) is 6.87. The van der Waals surface area contributed by atoms with Crippen molar-refractivity contribution < 1.29 is 10.2 Å². The van der Waals surface area contributed by atoms with Crippen LogP contribution >= 0.6 is 0 Å². The van der Waals surface area contributed by atoms with Crippen LogP contribution in [0, 0.1) is 0 Å². The summed E-state index contributed by atoms with van der Waals surface area (Å²) >= 11 is 0. The van der Waals surface area contributed by atoms with E-state index in [9.17, 15) is 10.2 Å². The molecule has 1 saturated heterocycles. The number of rotatable bonds is 4. The van der Waals surface area contributed by atoms with Crippen LogP contribution in [0.3, 0.4) is 0 Å². The Hall–Kier alpha value is -0.910. The zero-order valence-electron chi connectivity index (χ0n) is 12.3. The highest BCUT2D eigenvalue weighted by Crippen LogP contribution is 2.41. The zero-order valence-corrected chi connectivity index (χ0v) is 12.3. The quantitative estimate of drug-likeness (QED) is 0.863. The lowest BCUT2D eigenvalue weighted by molar-refractivity contribution is -0.0255. The van der Waals surface area contributed by atoms with Crippen LogP contribution in [0.2, 0.25) is 0 Å². The Morgan fingerprint density at radius 1 is 1.35 bits per heavy atom. The molecule has 5 heteroatoms. The van der Waals surface area contributed by atoms with Gasteiger partial charge in [-0.2, -0.15) is 5.10 Å². The third kappa shape index (κ3) is 2.90. The van der Waals surface area contributed by atoms with Crippen LogP contribution in [-0.2, 0) is 13.6 Å². The van der Waals surface area contributed by atoms with Crippen LogP contribution in [0.1, 0.15) is 49.3 Å². The third-order valence-corrected chi connectivity index (χ3v) is 4.73. The number of aliphatic hydroxyl groups is 2. The molecular formula is C15H25N3O2. The van der Waals surface area contributed by atoms with Gasteiger partial charge < -0.3 is 10.2 Å². The molecule has 1 aromatic heterocycles. The normalized spacial score (nSPS) is 28.6. The lowest BCUT2D eigenvalue weighted by Crippen LogP contribution is -2.34. The van der Waals surface area contributed by atoms with Crippen molar-refractivity contribution in [1.82, 2.24) is 14.7 Å². The minimum absolute atomic E-state index is 0.124. The summed E-state index contributed by atoms with van der Waals surface area (Å²) in [6, 6.07) is 0. The molecule has 2 aliphatic rings. The maximum atomic E-state index is 10.2. The highest BCUT2D eigenvalue weighted by molar-refractivity contribution is 5.25. The Kier molecular flexibility index (Phi) is 3.84. The molecule has 1 aromatic rings. The summed E-state index contributed by atoms with van der Waals surface area (Å²) in [4.78, 5) is 2.39. The van der Waals surface area contributed by atoms with Crippen molar-refractivity contribution in [3.05, 3.63) is 17.5 Å². The van der Waals surface area contributed by atoms with E-state index in [-0.39, 0.29) is 6.61 Å². The molecule has 1 aliphatic heterocycles. The molecule has 1 aliphatic carbocycles. The number of aromatic nitrogens is 2. The maximum Gasteiger partial charge on any atom is 0.0890 e. The molecule has 1 atom stereocenters. The first-order chi connectivity index (χ1) is 9.61. The van der Waals surface area contributed by atoms with Gasteiger partial charge in [-0.3, -0.25) is 9.58 Å². The first-order valence-corrected chi connectivity index (χ1v) is 7.68. The summed E-state index contributed by atoms with van der Waals surface area (Å²) < 4.78 is 2.02. The molecule has 3 rings (SSSR count). The largest absolute Gasteiger partial charge is 0.393 e. The maximum absolute atomic E-state index is 10.2. The first-order valence-electron chi connectivity index (χ1n) is 7.68. The van der Waals surface area contributed by atoms with E-state index in [1.54, 1.807) is 0 Å². The monoisotopic (exact) mass is 279 g/mol. The molecule has 0 amide bonds. The number of hydrogen-bond acceptors (Lipinski definition) is 4. The van der Waals surface area contributed by atoms with Crippen molar-refractivity contribution in [2.45, 2.75) is 50.2 Å². The van der Waals surface area contributed by atoms with Gasteiger partial charge in [0.25, 0.3) is 0 Å². The zero-order chi connectivity index (χ0) is 14.2. The number of likely N-dealkylation sites (tertiary alicyclic amines) is 1. The number of hydrogen-bond donors (Lipinski definition) is 2. The number of nitrogens with zero attached hydrogens (tertiary/aromatic N) is 3. The lowest BCUT2D eigenvalue weighted by Gasteiger charge is -2.24. The van der Waals surface area contributed by atoms with Crippen LogP contribution in [0.25, 0.3) is 0 Å². The van der Waals surface area contributed by atoms with E-state index in [1.807, 2.05) is 17.9 Å². The molecule has 0 aromatic carbocycles. The Bertz CT molecular complexity index is 470. The molecule has 0 bridgehead atoms. The van der Waals surface area contributed by atoms with E-state index in [0.29, 0.717) is 18.8 Å². The van der Waals surface area contributed by atoms with Gasteiger partial charge in [-0.1, -0.05) is 0 Å². The highest BCUT2D eigenvalue weighted by atomic mass is 16.3. The van der Waals surface area contributed by atoms with Crippen molar-refractivity contribution in [3.63, 3.8) is 0 Å². The van der Waals surface area contributed by atoms with Crippen LogP contribution in [0.4, 0.5) is 0 Å². The van der Waals surface area contributed by atoms with Gasteiger partial charge in [0.2, 0.25) is 0 Å². The molecular weight excluding hydrogens is 254 g/mol. The lowest BCUT2D eigenvalue weighted by atomic mass is 9.96. The molecule has 2 fully saturated rings. The minimum atomic E-state index is -0.872. The van der Waals surface area contributed by atoms with Crippen LogP contribution in [0.15, 0.2) is 6.20 Å². The van der Waals surface area contributed by atoms with Gasteiger partial charge in [-0.05, 0) is 38.6 Å². The molecule has 5 nitrogen and oxygen atoms in total. The topological polar surface area (TPSA) is 61.5 Å². The number of aliphatic hydroxyl groups excluding tert-OH is 1. The summed E-state index contributed by atoms with van der Waals surface area (Å²) in [7, 11) is 2.03. The van der Waals surface area contributed by atoms with E-state index < -0.39 is 5.60 Å². The molecule has 20 heavy (non-hydrogen) atoms. The molecule has 1 saturated carbocycles. The van der Waals surface area contributed by atoms with Gasteiger partial charge >= 0.3 is 0 Å². The molecule has 0 radical (unpaired) electrons. The van der Waals surface area contributed by atoms with Crippen molar-refractivity contribution >= 4 is 0 Å². The second-order valence-corrected chi connectivity index (χ2v) is 6.47. The van der Waals surface area contributed by atoms with Gasteiger partial charge in [0.15, 0.2) is 0 Å². The van der Waals surface area contributed by atoms with Crippen molar-refractivity contribution in [1.29, 1.82) is 0 Å². The Morgan fingerprint density at radius 3 is 2.85 bits per heavy atom. The third-order valence-electron chi connectivity index (χ3n) is 4.73. The predicted molar refractivity (Wildman–Crippen MR) is 76.3 cm³/mol. The highest BCUT2D eigenvalue weighted by Gasteiger charge is 2.32. The fourth-order valence-electron chi connectivity index (χ4n) is 3.29. The van der Waals surface area contributed by atoms with Crippen LogP contribution in [-0.4, -0.2) is 50.2 Å². The standard InChI is InChI=1S/C15H25N3O2/c1-17-14(12-3-4-12)13(9-16-17)10-18-7-2-5-15(20,11-19)6-8-18/h9,12,19-20H,2-8,10-11H2,1H3. The van der Waals surface area contributed by atoms with E-state index in [2.05, 4.69) is 10.00 Å². The van der Waals surface area contributed by atoms with Gasteiger partial charge in [0.05, 0.1) is 18.4 Å².